The second-order valence-corrected chi connectivity index (χ2v) is 8.87. The number of hydrogen-bond acceptors (Lipinski definition) is 2. The summed E-state index contributed by atoms with van der Waals surface area (Å²) in [7, 11) is 0. The van der Waals surface area contributed by atoms with Crippen molar-refractivity contribution in [3.8, 4) is 0 Å². The molecule has 0 aromatic carbocycles. The van der Waals surface area contributed by atoms with Crippen molar-refractivity contribution in [1.82, 2.24) is 0 Å². The van der Waals surface area contributed by atoms with Crippen LogP contribution in [0.15, 0.2) is 23.3 Å². The average Bonchev–Trinajstić information content (AvgIpc) is 2.98. The highest BCUT2D eigenvalue weighted by atomic mass is 16.1. The van der Waals surface area contributed by atoms with Gasteiger partial charge in [0.25, 0.3) is 0 Å². The van der Waals surface area contributed by atoms with Crippen LogP contribution in [0.25, 0.3) is 0 Å². The number of carbonyl (C=O) groups excluding carboxylic acids is 2. The first kappa shape index (κ1) is 15.4. The monoisotopic (exact) mass is 312 g/mol. The molecule has 0 spiro atoms. The van der Waals surface area contributed by atoms with E-state index in [2.05, 4.69) is 26.0 Å². The predicted molar refractivity (Wildman–Crippen MR) is 90.8 cm³/mol. The van der Waals surface area contributed by atoms with Gasteiger partial charge in [0.2, 0.25) is 0 Å². The molecule has 4 aliphatic rings. The van der Waals surface area contributed by atoms with Crippen LogP contribution in [0.4, 0.5) is 0 Å². The molecule has 6 unspecified atom stereocenters. The first-order chi connectivity index (χ1) is 10.9. The third kappa shape index (κ3) is 1.81. The minimum atomic E-state index is 0.107. The van der Waals surface area contributed by atoms with Crippen LogP contribution < -0.4 is 0 Å². The van der Waals surface area contributed by atoms with Crippen LogP contribution in [-0.2, 0) is 9.59 Å². The number of carbonyl (C=O) groups is 2. The summed E-state index contributed by atoms with van der Waals surface area (Å²) in [5.74, 6) is 2.07. The molecular weight excluding hydrogens is 284 g/mol. The Kier molecular flexibility index (Phi) is 3.28. The minimum Gasteiger partial charge on any atom is -0.300 e. The average molecular weight is 312 g/mol. The highest BCUT2D eigenvalue weighted by Crippen LogP contribution is 2.68. The van der Waals surface area contributed by atoms with Crippen molar-refractivity contribution >= 4 is 12.1 Å². The lowest BCUT2D eigenvalue weighted by molar-refractivity contribution is -0.126. The fraction of sp³-hybridized carbons (Fsp3) is 0.714. The Hall–Kier alpha value is -1.18. The number of Topliss-reactive ketones (excluding diaryl/α,β-unsaturated/α-hetero) is 1. The molecule has 0 saturated heterocycles. The van der Waals surface area contributed by atoms with Gasteiger partial charge in [-0.2, -0.15) is 0 Å². The summed E-state index contributed by atoms with van der Waals surface area (Å²) in [5, 5.41) is 0. The zero-order valence-electron chi connectivity index (χ0n) is 14.6. The highest BCUT2D eigenvalue weighted by molar-refractivity contribution is 5.81. The van der Waals surface area contributed by atoms with Crippen molar-refractivity contribution < 1.29 is 9.59 Å². The van der Waals surface area contributed by atoms with Crippen LogP contribution in [0.3, 0.4) is 0 Å². The van der Waals surface area contributed by atoms with E-state index in [0.717, 1.165) is 37.5 Å². The van der Waals surface area contributed by atoms with E-state index >= 15 is 0 Å². The largest absolute Gasteiger partial charge is 0.300 e. The molecular formula is C21H28O2. The van der Waals surface area contributed by atoms with Gasteiger partial charge in [-0.1, -0.05) is 26.0 Å². The lowest BCUT2D eigenvalue weighted by atomic mass is 9.53. The fourth-order valence-corrected chi connectivity index (χ4v) is 7.00. The summed E-state index contributed by atoms with van der Waals surface area (Å²) < 4.78 is 0. The van der Waals surface area contributed by atoms with E-state index in [4.69, 9.17) is 0 Å². The Labute approximate surface area is 139 Å². The molecule has 0 aromatic rings. The third-order valence-corrected chi connectivity index (χ3v) is 8.11. The fourth-order valence-electron chi connectivity index (χ4n) is 7.00. The lowest BCUT2D eigenvalue weighted by Gasteiger charge is -2.50. The highest BCUT2D eigenvalue weighted by Gasteiger charge is 2.62. The van der Waals surface area contributed by atoms with Gasteiger partial charge in [0.1, 0.15) is 12.1 Å². The molecule has 0 bridgehead atoms. The number of ketones is 1. The number of aldehydes is 1. The van der Waals surface area contributed by atoms with Crippen LogP contribution in [-0.4, -0.2) is 12.1 Å². The smallest absolute Gasteiger partial charge is 0.146 e. The maximum atomic E-state index is 12.2. The molecule has 124 valence electrons. The van der Waals surface area contributed by atoms with E-state index in [9.17, 15) is 9.59 Å². The van der Waals surface area contributed by atoms with Gasteiger partial charge < -0.3 is 0 Å². The summed E-state index contributed by atoms with van der Waals surface area (Å²) in [6, 6.07) is 0. The molecule has 0 heterocycles. The van der Waals surface area contributed by atoms with Crippen LogP contribution in [0.2, 0.25) is 0 Å². The van der Waals surface area contributed by atoms with Crippen molar-refractivity contribution in [1.29, 1.82) is 0 Å². The molecule has 4 aliphatic carbocycles. The Balaban J connectivity index is 1.80. The normalized spacial score (nSPS) is 48.0. The molecule has 2 heteroatoms. The Morgan fingerprint density at radius 3 is 2.65 bits per heavy atom. The zero-order chi connectivity index (χ0) is 16.4. The summed E-state index contributed by atoms with van der Waals surface area (Å²) in [6.07, 6.45) is 12.4. The molecule has 0 amide bonds. The van der Waals surface area contributed by atoms with Gasteiger partial charge in [0.05, 0.1) is 0 Å². The van der Waals surface area contributed by atoms with Crippen LogP contribution >= 0.6 is 0 Å². The Bertz CT molecular complexity index is 628. The maximum absolute atomic E-state index is 12.2. The molecule has 2 nitrogen and oxygen atoms in total. The Morgan fingerprint density at radius 1 is 1.17 bits per heavy atom. The SMILES string of the molecule is CC(=O)C1CCC2C3C(C=O)=C4C=CCCC4(C)C3CCC12C. The van der Waals surface area contributed by atoms with Gasteiger partial charge >= 0.3 is 0 Å². The van der Waals surface area contributed by atoms with E-state index < -0.39 is 0 Å². The second kappa shape index (κ2) is 4.91. The van der Waals surface area contributed by atoms with Crippen molar-refractivity contribution in [2.45, 2.75) is 59.3 Å². The quantitative estimate of drug-likeness (QED) is 0.704. The molecule has 2 fully saturated rings. The Morgan fingerprint density at radius 2 is 1.96 bits per heavy atom. The predicted octanol–water partition coefficient (Wildman–Crippen LogP) is 4.50. The summed E-state index contributed by atoms with van der Waals surface area (Å²) in [5.41, 5.74) is 2.69. The maximum Gasteiger partial charge on any atom is 0.146 e. The zero-order valence-corrected chi connectivity index (χ0v) is 14.6. The molecule has 6 atom stereocenters. The van der Waals surface area contributed by atoms with E-state index in [1.807, 2.05) is 0 Å². The van der Waals surface area contributed by atoms with Gasteiger partial charge in [0, 0.05) is 5.92 Å². The van der Waals surface area contributed by atoms with E-state index in [1.54, 1.807) is 6.92 Å². The molecule has 0 radical (unpaired) electrons. The summed E-state index contributed by atoms with van der Waals surface area (Å²) in [4.78, 5) is 24.2. The van der Waals surface area contributed by atoms with Gasteiger partial charge in [-0.3, -0.25) is 9.59 Å². The number of rotatable bonds is 2. The van der Waals surface area contributed by atoms with Crippen LogP contribution in [0.1, 0.15) is 59.3 Å². The van der Waals surface area contributed by atoms with Crippen LogP contribution in [0, 0.1) is 34.5 Å². The summed E-state index contributed by atoms with van der Waals surface area (Å²) in [6.45, 7) is 6.49. The summed E-state index contributed by atoms with van der Waals surface area (Å²) >= 11 is 0. The van der Waals surface area contributed by atoms with Gasteiger partial charge in [-0.05, 0) is 85.2 Å². The van der Waals surface area contributed by atoms with Crippen molar-refractivity contribution in [3.63, 3.8) is 0 Å². The number of hydrogen-bond donors (Lipinski definition) is 0. The molecule has 4 rings (SSSR count). The topological polar surface area (TPSA) is 34.1 Å². The lowest BCUT2D eigenvalue weighted by Crippen LogP contribution is -2.45. The van der Waals surface area contributed by atoms with Gasteiger partial charge in [0.15, 0.2) is 0 Å². The standard InChI is InChI=1S/C21H28O2/c1-13(23)15-7-8-17-19-14(12-22)16-6-4-5-10-20(16,2)18(19)9-11-21(15,17)3/h4,6,12,15,17-19H,5,7-11H2,1-3H3. The first-order valence-electron chi connectivity index (χ1n) is 9.30. The van der Waals surface area contributed by atoms with E-state index in [-0.39, 0.29) is 16.7 Å². The van der Waals surface area contributed by atoms with E-state index in [0.29, 0.717) is 23.5 Å². The molecule has 0 N–H and O–H groups in total. The molecule has 2 saturated carbocycles. The van der Waals surface area contributed by atoms with Gasteiger partial charge in [-0.25, -0.2) is 0 Å². The van der Waals surface area contributed by atoms with Crippen molar-refractivity contribution in [3.05, 3.63) is 23.3 Å². The van der Waals surface area contributed by atoms with Crippen LogP contribution in [0.5, 0.6) is 0 Å². The number of fused-ring (bicyclic) bond motifs is 5. The molecule has 0 aromatic heterocycles. The minimum absolute atomic E-state index is 0.107. The molecule has 23 heavy (non-hydrogen) atoms. The first-order valence-corrected chi connectivity index (χ1v) is 9.30. The third-order valence-electron chi connectivity index (χ3n) is 8.11. The van der Waals surface area contributed by atoms with E-state index in [1.165, 1.54) is 18.4 Å². The van der Waals surface area contributed by atoms with Gasteiger partial charge in [-0.15, -0.1) is 0 Å². The molecule has 0 aliphatic heterocycles. The second-order valence-electron chi connectivity index (χ2n) is 8.87. The number of allylic oxidation sites excluding steroid dienone is 4. The van der Waals surface area contributed by atoms with Crippen molar-refractivity contribution in [2.24, 2.45) is 34.5 Å². The van der Waals surface area contributed by atoms with Crippen molar-refractivity contribution in [2.75, 3.05) is 0 Å².